The normalized spacial score (nSPS) is 18.1. The van der Waals surface area contributed by atoms with Crippen LogP contribution in [0, 0.1) is 5.92 Å². The number of nitrogens with two attached hydrogens (primary N) is 1. The Balaban J connectivity index is 2.27. The maximum atomic E-state index is 12.1. The Labute approximate surface area is 111 Å². The zero-order chi connectivity index (χ0) is 12.6. The SMILES string of the molecule is NC(CS(=O)(=O)c1cc(Cl)ccc1Cl)C1CC1. The van der Waals surface area contributed by atoms with E-state index < -0.39 is 9.84 Å². The predicted octanol–water partition coefficient (Wildman–Crippen LogP) is 2.50. The maximum absolute atomic E-state index is 12.1. The van der Waals surface area contributed by atoms with Crippen LogP contribution in [0.2, 0.25) is 10.0 Å². The van der Waals surface area contributed by atoms with Crippen LogP contribution < -0.4 is 5.73 Å². The second-order valence-corrected chi connectivity index (χ2v) is 7.20. The molecule has 1 aliphatic rings. The van der Waals surface area contributed by atoms with E-state index in [1.807, 2.05) is 0 Å². The van der Waals surface area contributed by atoms with E-state index in [0.717, 1.165) is 12.8 Å². The largest absolute Gasteiger partial charge is 0.327 e. The highest BCUT2D eigenvalue weighted by Crippen LogP contribution is 2.34. The summed E-state index contributed by atoms with van der Waals surface area (Å²) in [6.45, 7) is 0. The van der Waals surface area contributed by atoms with Crippen molar-refractivity contribution < 1.29 is 8.42 Å². The lowest BCUT2D eigenvalue weighted by molar-refractivity contribution is 0.574. The quantitative estimate of drug-likeness (QED) is 0.928. The van der Waals surface area contributed by atoms with E-state index in [2.05, 4.69) is 0 Å². The molecule has 0 radical (unpaired) electrons. The van der Waals surface area contributed by atoms with Crippen LogP contribution in [0.4, 0.5) is 0 Å². The van der Waals surface area contributed by atoms with E-state index >= 15 is 0 Å². The van der Waals surface area contributed by atoms with Crippen LogP contribution in [0.25, 0.3) is 0 Å². The molecule has 1 unspecified atom stereocenters. The molecule has 0 saturated heterocycles. The number of rotatable bonds is 4. The number of hydrogen-bond acceptors (Lipinski definition) is 3. The molecule has 0 bridgehead atoms. The second-order valence-electron chi connectivity index (χ2n) is 4.36. The first-order chi connectivity index (χ1) is 7.90. The van der Waals surface area contributed by atoms with E-state index in [1.54, 1.807) is 6.07 Å². The van der Waals surface area contributed by atoms with Crippen molar-refractivity contribution in [3.05, 3.63) is 28.2 Å². The number of benzene rings is 1. The van der Waals surface area contributed by atoms with Crippen LogP contribution in [-0.4, -0.2) is 20.2 Å². The molecule has 0 aliphatic heterocycles. The molecule has 1 aromatic rings. The zero-order valence-corrected chi connectivity index (χ0v) is 11.4. The summed E-state index contributed by atoms with van der Waals surface area (Å²) in [4.78, 5) is 0.0720. The van der Waals surface area contributed by atoms with E-state index in [-0.39, 0.29) is 21.7 Å². The lowest BCUT2D eigenvalue weighted by Crippen LogP contribution is -2.31. The lowest BCUT2D eigenvalue weighted by atomic mass is 10.2. The third-order valence-corrected chi connectivity index (χ3v) is 5.38. The third-order valence-electron chi connectivity index (χ3n) is 2.87. The van der Waals surface area contributed by atoms with Gasteiger partial charge in [0.05, 0.1) is 15.7 Å². The Hall–Kier alpha value is -0.290. The van der Waals surface area contributed by atoms with Crippen molar-refractivity contribution in [3.63, 3.8) is 0 Å². The van der Waals surface area contributed by atoms with E-state index in [9.17, 15) is 8.42 Å². The van der Waals surface area contributed by atoms with E-state index in [4.69, 9.17) is 28.9 Å². The average Bonchev–Trinajstić information content (AvgIpc) is 3.04. The molecule has 6 heteroatoms. The molecule has 1 saturated carbocycles. The predicted molar refractivity (Wildman–Crippen MR) is 69.2 cm³/mol. The Morgan fingerprint density at radius 2 is 2.00 bits per heavy atom. The lowest BCUT2D eigenvalue weighted by Gasteiger charge is -2.12. The van der Waals surface area contributed by atoms with Crippen LogP contribution in [0.3, 0.4) is 0 Å². The fourth-order valence-electron chi connectivity index (χ4n) is 1.72. The number of sulfone groups is 1. The molecular weight excluding hydrogens is 281 g/mol. The van der Waals surface area contributed by atoms with Crippen LogP contribution in [0.1, 0.15) is 12.8 Å². The maximum Gasteiger partial charge on any atom is 0.181 e. The van der Waals surface area contributed by atoms with Gasteiger partial charge in [-0.1, -0.05) is 23.2 Å². The summed E-state index contributed by atoms with van der Waals surface area (Å²) in [6, 6.07) is 4.11. The number of halogens is 2. The topological polar surface area (TPSA) is 60.2 Å². The fraction of sp³-hybridized carbons (Fsp3) is 0.455. The summed E-state index contributed by atoms with van der Waals surface area (Å²) in [7, 11) is -3.46. The molecule has 1 aliphatic carbocycles. The minimum absolute atomic E-state index is 0.0717. The second kappa shape index (κ2) is 4.76. The van der Waals surface area contributed by atoms with Gasteiger partial charge in [-0.15, -0.1) is 0 Å². The highest BCUT2D eigenvalue weighted by molar-refractivity contribution is 7.91. The van der Waals surface area contributed by atoms with Gasteiger partial charge in [-0.05, 0) is 37.0 Å². The van der Waals surface area contributed by atoms with Gasteiger partial charge >= 0.3 is 0 Å². The van der Waals surface area contributed by atoms with E-state index in [0.29, 0.717) is 10.9 Å². The summed E-state index contributed by atoms with van der Waals surface area (Å²) in [5.74, 6) is 0.264. The molecular formula is C11H13Cl2NO2S. The highest BCUT2D eigenvalue weighted by atomic mass is 35.5. The van der Waals surface area contributed by atoms with Gasteiger partial charge in [0.15, 0.2) is 9.84 Å². The van der Waals surface area contributed by atoms with Crippen molar-refractivity contribution in [1.82, 2.24) is 0 Å². The fourth-order valence-corrected chi connectivity index (χ4v) is 4.06. The Morgan fingerprint density at radius 3 is 2.59 bits per heavy atom. The van der Waals surface area contributed by atoms with Gasteiger partial charge in [0.1, 0.15) is 0 Å². The molecule has 1 atom stereocenters. The Morgan fingerprint density at radius 1 is 1.35 bits per heavy atom. The van der Waals surface area contributed by atoms with E-state index in [1.165, 1.54) is 12.1 Å². The molecule has 1 fully saturated rings. The zero-order valence-electron chi connectivity index (χ0n) is 9.07. The molecule has 2 N–H and O–H groups in total. The number of hydrogen-bond donors (Lipinski definition) is 1. The van der Waals surface area contributed by atoms with Crippen LogP contribution in [0.15, 0.2) is 23.1 Å². The van der Waals surface area contributed by atoms with Crippen molar-refractivity contribution in [2.45, 2.75) is 23.8 Å². The van der Waals surface area contributed by atoms with Gasteiger partial charge < -0.3 is 5.73 Å². The summed E-state index contributed by atoms with van der Waals surface area (Å²) < 4.78 is 24.2. The van der Waals surface area contributed by atoms with Crippen molar-refractivity contribution in [1.29, 1.82) is 0 Å². The minimum atomic E-state index is -3.46. The third kappa shape index (κ3) is 3.13. The van der Waals surface area contributed by atoms with Gasteiger partial charge in [-0.2, -0.15) is 0 Å². The average molecular weight is 294 g/mol. The minimum Gasteiger partial charge on any atom is -0.327 e. The van der Waals surface area contributed by atoms with Crippen LogP contribution in [-0.2, 0) is 9.84 Å². The molecule has 17 heavy (non-hydrogen) atoms. The summed E-state index contributed by atoms with van der Waals surface area (Å²) in [5.41, 5.74) is 5.84. The van der Waals surface area contributed by atoms with Gasteiger partial charge in [0.25, 0.3) is 0 Å². The molecule has 0 heterocycles. The van der Waals surface area contributed by atoms with Gasteiger partial charge in [-0.3, -0.25) is 0 Å². The Kier molecular flexibility index (Phi) is 3.69. The molecule has 2 rings (SSSR count). The summed E-state index contributed by atoms with van der Waals surface area (Å²) in [6.07, 6.45) is 2.03. The summed E-state index contributed by atoms with van der Waals surface area (Å²) in [5, 5.41) is 0.547. The molecule has 0 amide bonds. The van der Waals surface area contributed by atoms with Crippen molar-refractivity contribution in [3.8, 4) is 0 Å². The van der Waals surface area contributed by atoms with Crippen LogP contribution in [0.5, 0.6) is 0 Å². The van der Waals surface area contributed by atoms with Gasteiger partial charge in [0.2, 0.25) is 0 Å². The molecule has 94 valence electrons. The first-order valence-corrected chi connectivity index (χ1v) is 7.74. The van der Waals surface area contributed by atoms with Crippen molar-refractivity contribution in [2.24, 2.45) is 11.7 Å². The standard InChI is InChI=1S/C11H13Cl2NO2S/c12-8-3-4-9(13)11(5-8)17(15,16)6-10(14)7-1-2-7/h3-5,7,10H,1-2,6,14H2. The Bertz CT molecular complexity index is 526. The molecule has 0 aromatic heterocycles. The monoisotopic (exact) mass is 293 g/mol. The van der Waals surface area contributed by atoms with Gasteiger partial charge in [0, 0.05) is 11.1 Å². The first-order valence-electron chi connectivity index (χ1n) is 5.33. The molecule has 0 spiro atoms. The van der Waals surface area contributed by atoms with Crippen molar-refractivity contribution in [2.75, 3.05) is 5.75 Å². The molecule has 3 nitrogen and oxygen atoms in total. The molecule has 1 aromatic carbocycles. The highest BCUT2D eigenvalue weighted by Gasteiger charge is 2.33. The first kappa shape index (κ1) is 13.1. The van der Waals surface area contributed by atoms with Gasteiger partial charge in [-0.25, -0.2) is 8.42 Å². The van der Waals surface area contributed by atoms with Crippen molar-refractivity contribution >= 4 is 33.0 Å². The van der Waals surface area contributed by atoms with Crippen LogP contribution >= 0.6 is 23.2 Å². The summed E-state index contributed by atoms with van der Waals surface area (Å²) >= 11 is 11.7. The smallest absolute Gasteiger partial charge is 0.181 e.